The zero-order valence-electron chi connectivity index (χ0n) is 24.2. The van der Waals surface area contributed by atoms with Gasteiger partial charge in [0.05, 0.1) is 10.9 Å². The van der Waals surface area contributed by atoms with Gasteiger partial charge in [-0.3, -0.25) is 19.2 Å². The summed E-state index contributed by atoms with van der Waals surface area (Å²) in [6, 6.07) is 7.04. The highest BCUT2D eigenvalue weighted by Crippen LogP contribution is 2.47. The number of nitrogens with zero attached hydrogens (tertiary/aromatic N) is 2. The molecule has 4 heterocycles. The summed E-state index contributed by atoms with van der Waals surface area (Å²) in [7, 11) is 0. The van der Waals surface area contributed by atoms with Gasteiger partial charge in [0.15, 0.2) is 0 Å². The van der Waals surface area contributed by atoms with Gasteiger partial charge in [0.1, 0.15) is 29.4 Å². The third-order valence-electron chi connectivity index (χ3n) is 9.12. The molecule has 1 spiro atoms. The highest BCUT2D eigenvalue weighted by atomic mass is 19.1. The van der Waals surface area contributed by atoms with Crippen LogP contribution in [0.2, 0.25) is 0 Å². The Labute approximate surface area is 247 Å². The molecule has 1 saturated heterocycles. The van der Waals surface area contributed by atoms with Gasteiger partial charge >= 0.3 is 0 Å². The average molecular weight is 592 g/mol. The Hall–Kier alpha value is -4.28. The minimum absolute atomic E-state index is 0.0148. The lowest BCUT2D eigenvalue weighted by molar-refractivity contribution is -0.141. The fourth-order valence-corrected chi connectivity index (χ4v) is 6.98. The maximum Gasteiger partial charge on any atom is 0.270 e. The lowest BCUT2D eigenvalue weighted by Crippen LogP contribution is -2.55. The van der Waals surface area contributed by atoms with E-state index >= 15 is 0 Å². The molecule has 6 rings (SSSR count). The van der Waals surface area contributed by atoms with Crippen molar-refractivity contribution in [1.29, 1.82) is 0 Å². The van der Waals surface area contributed by atoms with Gasteiger partial charge in [0, 0.05) is 30.2 Å². The second kappa shape index (κ2) is 10.8. The van der Waals surface area contributed by atoms with E-state index in [-0.39, 0.29) is 54.4 Å². The largest absolute Gasteiger partial charge is 0.368 e. The molecular formula is C32H35F2N5O4. The summed E-state index contributed by atoms with van der Waals surface area (Å²) < 4.78 is 28.5. The first-order chi connectivity index (χ1) is 20.5. The molecule has 1 aromatic heterocycles. The molecule has 3 atom stereocenters. The normalized spacial score (nSPS) is 24.0. The number of halogens is 2. The van der Waals surface area contributed by atoms with Gasteiger partial charge < -0.3 is 25.8 Å². The summed E-state index contributed by atoms with van der Waals surface area (Å²) in [6.07, 6.45) is 3.29. The van der Waals surface area contributed by atoms with Crippen molar-refractivity contribution in [3.8, 4) is 0 Å². The number of carbonyl (C=O) groups excluding carboxylic acids is 4. The van der Waals surface area contributed by atoms with Gasteiger partial charge in [-0.1, -0.05) is 32.4 Å². The molecule has 11 heteroatoms. The molecule has 9 nitrogen and oxygen atoms in total. The van der Waals surface area contributed by atoms with Crippen LogP contribution in [0.3, 0.4) is 0 Å². The first kappa shape index (κ1) is 28.8. The number of anilines is 1. The van der Waals surface area contributed by atoms with E-state index in [0.717, 1.165) is 42.5 Å². The quantitative estimate of drug-likeness (QED) is 0.424. The first-order valence-corrected chi connectivity index (χ1v) is 14.8. The van der Waals surface area contributed by atoms with E-state index in [4.69, 9.17) is 5.73 Å². The van der Waals surface area contributed by atoms with E-state index in [2.05, 4.69) is 10.3 Å². The zero-order chi connectivity index (χ0) is 30.6. The van der Waals surface area contributed by atoms with Gasteiger partial charge in [0.25, 0.3) is 5.91 Å². The number of aromatic nitrogens is 1. The van der Waals surface area contributed by atoms with Crippen molar-refractivity contribution in [1.82, 2.24) is 14.8 Å². The fraction of sp³-hybridized carbons (Fsp3) is 0.438. The minimum atomic E-state index is -1.14. The summed E-state index contributed by atoms with van der Waals surface area (Å²) in [5.41, 5.74) is 7.34. The van der Waals surface area contributed by atoms with Crippen LogP contribution >= 0.6 is 0 Å². The maximum atomic E-state index is 14.5. The Morgan fingerprint density at radius 1 is 1.09 bits per heavy atom. The third kappa shape index (κ3) is 4.94. The number of nitrogens with two attached hydrogens (primary N) is 1. The van der Waals surface area contributed by atoms with Crippen LogP contribution in [0.5, 0.6) is 0 Å². The number of rotatable bonds is 4. The van der Waals surface area contributed by atoms with Crippen molar-refractivity contribution in [3.63, 3.8) is 0 Å². The molecule has 4 N–H and O–H groups in total. The van der Waals surface area contributed by atoms with E-state index < -0.39 is 46.9 Å². The van der Waals surface area contributed by atoms with Crippen molar-refractivity contribution in [2.75, 3.05) is 18.4 Å². The van der Waals surface area contributed by atoms with Crippen molar-refractivity contribution < 1.29 is 28.0 Å². The number of H-pyrrole nitrogens is 1. The molecule has 226 valence electrons. The molecule has 3 aromatic rings. The predicted octanol–water partition coefficient (Wildman–Crippen LogP) is 4.01. The van der Waals surface area contributed by atoms with Gasteiger partial charge in [-0.2, -0.15) is 0 Å². The Morgan fingerprint density at radius 3 is 2.63 bits per heavy atom. The number of carbonyl (C=O) groups is 4. The van der Waals surface area contributed by atoms with Gasteiger partial charge in [-0.15, -0.1) is 0 Å². The number of amides is 4. The standard InChI is InChI=1S/C32H35F2N5O4/c1-17(2)10-26-30(42)39-16-32(15-27(39)28(35)40)21-11-18(7-8-23(21)37-31(32)43)6-4-3-5-9-38(26)29(41)25-14-20-22(34)12-19(33)13-24(20)36-25/h7-8,11-14,17,26-27,36H,3-6,9-10,15-16H2,1-2H3,(H2,35,40)(H,37,43)/t26-,27-,32-/m0/s1. The highest BCUT2D eigenvalue weighted by molar-refractivity contribution is 6.08. The minimum Gasteiger partial charge on any atom is -0.368 e. The van der Waals surface area contributed by atoms with Gasteiger partial charge in [-0.25, -0.2) is 8.78 Å². The fourth-order valence-electron chi connectivity index (χ4n) is 6.98. The molecule has 1 fully saturated rings. The number of aryl methyl sites for hydroxylation is 1. The second-order valence-corrected chi connectivity index (χ2v) is 12.5. The molecule has 2 aromatic carbocycles. The van der Waals surface area contributed by atoms with E-state index in [9.17, 15) is 28.0 Å². The third-order valence-corrected chi connectivity index (χ3v) is 9.12. The topological polar surface area (TPSA) is 129 Å². The molecular weight excluding hydrogens is 556 g/mol. The summed E-state index contributed by atoms with van der Waals surface area (Å²) in [5.74, 6) is -3.59. The van der Waals surface area contributed by atoms with E-state index in [1.165, 1.54) is 15.9 Å². The summed E-state index contributed by atoms with van der Waals surface area (Å²) in [4.78, 5) is 60.7. The van der Waals surface area contributed by atoms with Crippen LogP contribution in [0.4, 0.5) is 14.5 Å². The summed E-state index contributed by atoms with van der Waals surface area (Å²) >= 11 is 0. The molecule has 43 heavy (non-hydrogen) atoms. The number of aromatic amines is 1. The Kier molecular flexibility index (Phi) is 7.22. The molecule has 4 amide bonds. The van der Waals surface area contributed by atoms with Crippen molar-refractivity contribution >= 4 is 40.2 Å². The molecule has 3 aliphatic heterocycles. The second-order valence-electron chi connectivity index (χ2n) is 12.5. The molecule has 4 bridgehead atoms. The molecule has 3 aliphatic rings. The van der Waals surface area contributed by atoms with Gasteiger partial charge in [0.2, 0.25) is 17.7 Å². The lowest BCUT2D eigenvalue weighted by atomic mass is 9.78. The van der Waals surface area contributed by atoms with Crippen molar-refractivity contribution in [2.45, 2.75) is 69.9 Å². The zero-order valence-corrected chi connectivity index (χ0v) is 24.2. The predicted molar refractivity (Wildman–Crippen MR) is 156 cm³/mol. The Bertz CT molecular complexity index is 1650. The van der Waals surface area contributed by atoms with E-state index in [0.29, 0.717) is 12.1 Å². The molecule has 0 aliphatic carbocycles. The van der Waals surface area contributed by atoms with Crippen LogP contribution in [-0.2, 0) is 26.2 Å². The van der Waals surface area contributed by atoms with Crippen LogP contribution in [0.1, 0.15) is 67.6 Å². The number of fused-ring (bicyclic) bond motifs is 3. The van der Waals surface area contributed by atoms with E-state index in [1.807, 2.05) is 32.0 Å². The smallest absolute Gasteiger partial charge is 0.270 e. The number of hydrogen-bond acceptors (Lipinski definition) is 4. The SMILES string of the molecule is CC(C)C[C@H]1C(=O)N2C[C@]3(C[C@H]2C(N)=O)C(=O)Nc2ccc(cc23)CCCCCN1C(=O)c1cc2c(F)cc(F)cc2[nH]1. The Morgan fingerprint density at radius 2 is 1.88 bits per heavy atom. The number of benzene rings is 2. The van der Waals surface area contributed by atoms with Crippen LogP contribution in [-0.4, -0.2) is 63.6 Å². The van der Waals surface area contributed by atoms with Crippen LogP contribution < -0.4 is 11.1 Å². The lowest BCUT2D eigenvalue weighted by Gasteiger charge is -2.36. The summed E-state index contributed by atoms with van der Waals surface area (Å²) in [6.45, 7) is 4.05. The Balaban J connectivity index is 1.44. The van der Waals surface area contributed by atoms with Crippen molar-refractivity contribution in [3.05, 3.63) is 64.9 Å². The first-order valence-electron chi connectivity index (χ1n) is 14.8. The molecule has 0 unspecified atom stereocenters. The van der Waals surface area contributed by atoms with Crippen molar-refractivity contribution in [2.24, 2.45) is 11.7 Å². The highest BCUT2D eigenvalue weighted by Gasteiger charge is 2.58. The number of nitrogens with one attached hydrogen (secondary N) is 2. The summed E-state index contributed by atoms with van der Waals surface area (Å²) in [5, 5.41) is 3.00. The molecule has 0 saturated carbocycles. The number of hydrogen-bond donors (Lipinski definition) is 3. The van der Waals surface area contributed by atoms with Crippen LogP contribution in [0.15, 0.2) is 36.4 Å². The van der Waals surface area contributed by atoms with Crippen LogP contribution in [0.25, 0.3) is 10.9 Å². The molecule has 0 radical (unpaired) electrons. The van der Waals surface area contributed by atoms with Crippen LogP contribution in [0, 0.1) is 17.6 Å². The average Bonchev–Trinajstić information content (AvgIpc) is 3.63. The monoisotopic (exact) mass is 591 g/mol. The number of primary amides is 1. The van der Waals surface area contributed by atoms with E-state index in [1.54, 1.807) is 0 Å². The van der Waals surface area contributed by atoms with Gasteiger partial charge in [-0.05, 0) is 67.3 Å². The maximum absolute atomic E-state index is 14.5.